The van der Waals surface area contributed by atoms with E-state index in [9.17, 15) is 4.79 Å². The molecular formula is C17H20N4O2. The third-order valence-corrected chi connectivity index (χ3v) is 4.19. The first-order valence-corrected chi connectivity index (χ1v) is 7.82. The molecule has 0 bridgehead atoms. The smallest absolute Gasteiger partial charge is 0.271 e. The number of carbonyl (C=O) groups excluding carboxylic acids is 1. The Labute approximate surface area is 135 Å². The van der Waals surface area contributed by atoms with Gasteiger partial charge in [-0.05, 0) is 37.8 Å². The number of hydrogen-bond donors (Lipinski definition) is 1. The van der Waals surface area contributed by atoms with Crippen LogP contribution in [0.25, 0.3) is 11.3 Å². The molecule has 2 aromatic heterocycles. The first kappa shape index (κ1) is 15.6. The first-order chi connectivity index (χ1) is 11.3. The molecule has 0 saturated heterocycles. The standard InChI is InChI=1S/C17H20N4O2/c1-23-14-4-2-13(3-5-14)20-17(22)16-11-19-10-15(21-16)12-6-8-18-9-7-12/h6-11,13-14H,2-5H2,1H3,(H,20,22). The van der Waals surface area contributed by atoms with Gasteiger partial charge in [0.25, 0.3) is 5.91 Å². The van der Waals surface area contributed by atoms with Gasteiger partial charge < -0.3 is 10.1 Å². The van der Waals surface area contributed by atoms with Crippen LogP contribution in [0, 0.1) is 0 Å². The molecule has 2 heterocycles. The van der Waals surface area contributed by atoms with Gasteiger partial charge in [0.15, 0.2) is 0 Å². The highest BCUT2D eigenvalue weighted by molar-refractivity contribution is 5.92. The van der Waals surface area contributed by atoms with Crippen LogP contribution < -0.4 is 5.32 Å². The zero-order chi connectivity index (χ0) is 16.1. The van der Waals surface area contributed by atoms with Crippen molar-refractivity contribution in [3.05, 3.63) is 42.6 Å². The average molecular weight is 312 g/mol. The van der Waals surface area contributed by atoms with Crippen LogP contribution in [0.2, 0.25) is 0 Å². The minimum Gasteiger partial charge on any atom is -0.381 e. The number of aromatic nitrogens is 3. The number of amides is 1. The fourth-order valence-electron chi connectivity index (χ4n) is 2.84. The predicted octanol–water partition coefficient (Wildman–Crippen LogP) is 2.23. The van der Waals surface area contributed by atoms with Crippen LogP contribution in [0.4, 0.5) is 0 Å². The maximum absolute atomic E-state index is 12.4. The van der Waals surface area contributed by atoms with E-state index in [4.69, 9.17) is 4.74 Å². The van der Waals surface area contributed by atoms with E-state index in [1.54, 1.807) is 25.7 Å². The van der Waals surface area contributed by atoms with Crippen molar-refractivity contribution in [2.75, 3.05) is 7.11 Å². The van der Waals surface area contributed by atoms with Crippen LogP contribution in [-0.4, -0.2) is 40.1 Å². The highest BCUT2D eigenvalue weighted by Gasteiger charge is 2.23. The molecule has 0 aromatic carbocycles. The lowest BCUT2D eigenvalue weighted by atomic mass is 9.93. The molecule has 6 nitrogen and oxygen atoms in total. The Morgan fingerprint density at radius 2 is 1.87 bits per heavy atom. The Bertz CT molecular complexity index is 655. The fraction of sp³-hybridized carbons (Fsp3) is 0.412. The van der Waals surface area contributed by atoms with Crippen molar-refractivity contribution < 1.29 is 9.53 Å². The normalized spacial score (nSPS) is 20.9. The predicted molar refractivity (Wildman–Crippen MR) is 85.8 cm³/mol. The number of methoxy groups -OCH3 is 1. The molecule has 1 saturated carbocycles. The van der Waals surface area contributed by atoms with Crippen molar-refractivity contribution in [2.45, 2.75) is 37.8 Å². The largest absolute Gasteiger partial charge is 0.381 e. The molecule has 0 aliphatic heterocycles. The number of nitrogens with one attached hydrogen (secondary N) is 1. The monoisotopic (exact) mass is 312 g/mol. The molecular weight excluding hydrogens is 292 g/mol. The lowest BCUT2D eigenvalue weighted by Gasteiger charge is -2.28. The number of rotatable bonds is 4. The molecule has 1 aliphatic carbocycles. The van der Waals surface area contributed by atoms with Crippen LogP contribution in [-0.2, 0) is 4.74 Å². The molecule has 1 N–H and O–H groups in total. The van der Waals surface area contributed by atoms with Crippen molar-refractivity contribution in [1.82, 2.24) is 20.3 Å². The Kier molecular flexibility index (Phi) is 4.92. The van der Waals surface area contributed by atoms with Crippen LogP contribution >= 0.6 is 0 Å². The van der Waals surface area contributed by atoms with E-state index in [2.05, 4.69) is 20.3 Å². The summed E-state index contributed by atoms with van der Waals surface area (Å²) in [7, 11) is 1.74. The van der Waals surface area contributed by atoms with E-state index in [1.165, 1.54) is 6.20 Å². The second-order valence-electron chi connectivity index (χ2n) is 5.71. The number of pyridine rings is 1. The molecule has 0 radical (unpaired) electrons. The quantitative estimate of drug-likeness (QED) is 0.936. The molecule has 0 spiro atoms. The van der Waals surface area contributed by atoms with Gasteiger partial charge in [0.05, 0.1) is 24.2 Å². The first-order valence-electron chi connectivity index (χ1n) is 7.82. The van der Waals surface area contributed by atoms with E-state index in [1.807, 2.05) is 12.1 Å². The van der Waals surface area contributed by atoms with Crippen LogP contribution in [0.1, 0.15) is 36.2 Å². The Morgan fingerprint density at radius 1 is 1.13 bits per heavy atom. The lowest BCUT2D eigenvalue weighted by Crippen LogP contribution is -2.39. The summed E-state index contributed by atoms with van der Waals surface area (Å²) in [5.74, 6) is -0.172. The summed E-state index contributed by atoms with van der Waals surface area (Å²) in [5.41, 5.74) is 1.90. The van der Waals surface area contributed by atoms with Crippen molar-refractivity contribution in [3.63, 3.8) is 0 Å². The van der Waals surface area contributed by atoms with Gasteiger partial charge in [-0.15, -0.1) is 0 Å². The van der Waals surface area contributed by atoms with E-state index < -0.39 is 0 Å². The summed E-state index contributed by atoms with van der Waals surface area (Å²) in [6, 6.07) is 3.87. The highest BCUT2D eigenvalue weighted by Crippen LogP contribution is 2.21. The van der Waals surface area contributed by atoms with E-state index in [0.29, 0.717) is 17.5 Å². The minimum absolute atomic E-state index is 0.172. The lowest BCUT2D eigenvalue weighted by molar-refractivity contribution is 0.0598. The van der Waals surface area contributed by atoms with Gasteiger partial charge in [0.2, 0.25) is 0 Å². The second kappa shape index (κ2) is 7.28. The summed E-state index contributed by atoms with van der Waals surface area (Å²) in [6.07, 6.45) is 10.7. The third-order valence-electron chi connectivity index (χ3n) is 4.19. The average Bonchev–Trinajstić information content (AvgIpc) is 2.63. The minimum atomic E-state index is -0.172. The molecule has 0 atom stereocenters. The van der Waals surface area contributed by atoms with Gasteiger partial charge >= 0.3 is 0 Å². The Hall–Kier alpha value is -2.34. The van der Waals surface area contributed by atoms with Gasteiger partial charge in [-0.3, -0.25) is 14.8 Å². The Morgan fingerprint density at radius 3 is 2.57 bits per heavy atom. The summed E-state index contributed by atoms with van der Waals surface area (Å²) in [6.45, 7) is 0. The molecule has 1 amide bonds. The summed E-state index contributed by atoms with van der Waals surface area (Å²) in [5, 5.41) is 3.05. The third kappa shape index (κ3) is 3.90. The number of carbonyl (C=O) groups is 1. The van der Waals surface area contributed by atoms with Gasteiger partial charge in [0.1, 0.15) is 5.69 Å². The van der Waals surface area contributed by atoms with Crippen molar-refractivity contribution in [1.29, 1.82) is 0 Å². The zero-order valence-corrected chi connectivity index (χ0v) is 13.1. The molecule has 0 unspecified atom stereocenters. The summed E-state index contributed by atoms with van der Waals surface area (Å²) in [4.78, 5) is 24.9. The van der Waals surface area contributed by atoms with Crippen molar-refractivity contribution in [3.8, 4) is 11.3 Å². The summed E-state index contributed by atoms with van der Waals surface area (Å²) < 4.78 is 5.35. The van der Waals surface area contributed by atoms with Crippen molar-refractivity contribution in [2.24, 2.45) is 0 Å². The summed E-state index contributed by atoms with van der Waals surface area (Å²) >= 11 is 0. The highest BCUT2D eigenvalue weighted by atomic mass is 16.5. The molecule has 6 heteroatoms. The van der Waals surface area contributed by atoms with E-state index in [-0.39, 0.29) is 11.9 Å². The molecule has 2 aromatic rings. The SMILES string of the molecule is COC1CCC(NC(=O)c2cncc(-c3ccncc3)n2)CC1. The van der Waals surface area contributed by atoms with Crippen LogP contribution in [0.15, 0.2) is 36.9 Å². The zero-order valence-electron chi connectivity index (χ0n) is 13.1. The van der Waals surface area contributed by atoms with Crippen LogP contribution in [0.5, 0.6) is 0 Å². The number of hydrogen-bond acceptors (Lipinski definition) is 5. The topological polar surface area (TPSA) is 77.0 Å². The molecule has 1 aliphatic rings. The molecule has 23 heavy (non-hydrogen) atoms. The Balaban J connectivity index is 1.66. The van der Waals surface area contributed by atoms with Crippen molar-refractivity contribution >= 4 is 5.91 Å². The van der Waals surface area contributed by atoms with Gasteiger partial charge in [-0.1, -0.05) is 0 Å². The molecule has 120 valence electrons. The van der Waals surface area contributed by atoms with Crippen LogP contribution in [0.3, 0.4) is 0 Å². The fourth-order valence-corrected chi connectivity index (χ4v) is 2.84. The maximum atomic E-state index is 12.4. The van der Waals surface area contributed by atoms with E-state index in [0.717, 1.165) is 31.2 Å². The van der Waals surface area contributed by atoms with Gasteiger partial charge in [-0.25, -0.2) is 4.98 Å². The number of nitrogens with zero attached hydrogens (tertiary/aromatic N) is 3. The van der Waals surface area contributed by atoms with Gasteiger partial charge in [0, 0.05) is 31.1 Å². The number of ether oxygens (including phenoxy) is 1. The molecule has 3 rings (SSSR count). The maximum Gasteiger partial charge on any atom is 0.271 e. The molecule has 1 fully saturated rings. The second-order valence-corrected chi connectivity index (χ2v) is 5.71. The van der Waals surface area contributed by atoms with E-state index >= 15 is 0 Å². The van der Waals surface area contributed by atoms with Gasteiger partial charge in [-0.2, -0.15) is 0 Å².